The third kappa shape index (κ3) is 6.31. The predicted molar refractivity (Wildman–Crippen MR) is 78.3 cm³/mol. The molecule has 0 radical (unpaired) electrons. The molecule has 0 heterocycles. The van der Waals surface area contributed by atoms with Crippen LogP contribution in [0.4, 0.5) is 5.69 Å². The number of benzene rings is 1. The molecule has 0 aliphatic carbocycles. The van der Waals surface area contributed by atoms with E-state index < -0.39 is 0 Å². The largest absolute Gasteiger partial charge is 0.497 e. The molecule has 1 rings (SSSR count). The number of nitrogens with two attached hydrogens (primary N) is 1. The van der Waals surface area contributed by atoms with Gasteiger partial charge in [0.25, 0.3) is 0 Å². The van der Waals surface area contributed by atoms with Gasteiger partial charge in [-0.25, -0.2) is 0 Å². The van der Waals surface area contributed by atoms with E-state index in [1.165, 1.54) is 0 Å². The molecule has 0 bridgehead atoms. The van der Waals surface area contributed by atoms with Gasteiger partial charge in [0.15, 0.2) is 0 Å². The highest BCUT2D eigenvalue weighted by atomic mass is 35.5. The van der Waals surface area contributed by atoms with Crippen LogP contribution in [-0.4, -0.2) is 26.2 Å². The zero-order chi connectivity index (χ0) is 13.5. The second-order valence-corrected chi connectivity index (χ2v) is 4.17. The van der Waals surface area contributed by atoms with E-state index in [1.54, 1.807) is 32.4 Å². The summed E-state index contributed by atoms with van der Waals surface area (Å²) in [5, 5.41) is 2.79. The van der Waals surface area contributed by atoms with Gasteiger partial charge in [0.1, 0.15) is 11.5 Å². The Morgan fingerprint density at radius 1 is 1.26 bits per heavy atom. The molecule has 0 saturated heterocycles. The number of hydrogen-bond donors (Lipinski definition) is 2. The topological polar surface area (TPSA) is 73.6 Å². The molecule has 1 aromatic carbocycles. The zero-order valence-corrected chi connectivity index (χ0v) is 12.3. The molecule has 1 aromatic rings. The Balaban J connectivity index is 0.00000324. The van der Waals surface area contributed by atoms with Gasteiger partial charge >= 0.3 is 0 Å². The quantitative estimate of drug-likeness (QED) is 0.841. The number of rotatable bonds is 6. The van der Waals surface area contributed by atoms with Crippen molar-refractivity contribution in [1.29, 1.82) is 0 Å². The van der Waals surface area contributed by atoms with Gasteiger partial charge in [0, 0.05) is 36.3 Å². The lowest BCUT2D eigenvalue weighted by Gasteiger charge is -2.10. The Kier molecular flexibility index (Phi) is 7.95. The monoisotopic (exact) mass is 288 g/mol. The molecule has 0 aliphatic heterocycles. The number of carbonyl (C=O) groups excluding carboxylic acids is 1. The van der Waals surface area contributed by atoms with Crippen molar-refractivity contribution >= 4 is 24.0 Å². The van der Waals surface area contributed by atoms with Crippen molar-refractivity contribution in [3.05, 3.63) is 18.2 Å². The van der Waals surface area contributed by atoms with Crippen LogP contribution in [0.2, 0.25) is 0 Å². The number of ether oxygens (including phenoxy) is 2. The first-order valence-electron chi connectivity index (χ1n) is 5.83. The van der Waals surface area contributed by atoms with Crippen LogP contribution in [0.15, 0.2) is 18.2 Å². The van der Waals surface area contributed by atoms with E-state index in [0.29, 0.717) is 30.0 Å². The summed E-state index contributed by atoms with van der Waals surface area (Å²) in [7, 11) is 3.13. The molecule has 0 aliphatic rings. The minimum Gasteiger partial charge on any atom is -0.497 e. The molecule has 0 fully saturated rings. The maximum absolute atomic E-state index is 11.7. The molecule has 19 heavy (non-hydrogen) atoms. The third-order valence-electron chi connectivity index (χ3n) is 2.46. The van der Waals surface area contributed by atoms with Gasteiger partial charge in [-0.15, -0.1) is 12.4 Å². The van der Waals surface area contributed by atoms with Crippen molar-refractivity contribution < 1.29 is 14.3 Å². The number of anilines is 1. The molecular weight excluding hydrogens is 268 g/mol. The third-order valence-corrected chi connectivity index (χ3v) is 2.46. The van der Waals surface area contributed by atoms with Crippen LogP contribution in [0.25, 0.3) is 0 Å². The smallest absolute Gasteiger partial charge is 0.224 e. The molecule has 0 spiro atoms. The van der Waals surface area contributed by atoms with Gasteiger partial charge < -0.3 is 20.5 Å². The average molecular weight is 289 g/mol. The van der Waals surface area contributed by atoms with Crippen molar-refractivity contribution in [2.24, 2.45) is 5.73 Å². The second-order valence-electron chi connectivity index (χ2n) is 4.17. The summed E-state index contributed by atoms with van der Waals surface area (Å²) < 4.78 is 10.3. The van der Waals surface area contributed by atoms with E-state index >= 15 is 0 Å². The number of hydrogen-bond acceptors (Lipinski definition) is 4. The summed E-state index contributed by atoms with van der Waals surface area (Å²) >= 11 is 0. The minimum absolute atomic E-state index is 0. The molecule has 1 amide bonds. The maximum atomic E-state index is 11.7. The molecule has 1 atom stereocenters. The molecule has 0 saturated carbocycles. The lowest BCUT2D eigenvalue weighted by Crippen LogP contribution is -2.19. The molecular formula is C13H21ClN2O3. The number of halogens is 1. The van der Waals surface area contributed by atoms with Crippen molar-refractivity contribution in [2.75, 3.05) is 19.5 Å². The number of methoxy groups -OCH3 is 2. The van der Waals surface area contributed by atoms with Crippen LogP contribution >= 0.6 is 12.4 Å². The number of nitrogens with one attached hydrogen (secondary N) is 1. The summed E-state index contributed by atoms with van der Waals surface area (Å²) in [4.78, 5) is 11.7. The van der Waals surface area contributed by atoms with Crippen LogP contribution in [-0.2, 0) is 4.79 Å². The Bertz CT molecular complexity index is 389. The normalized spacial score (nSPS) is 11.2. The van der Waals surface area contributed by atoms with E-state index in [2.05, 4.69) is 5.32 Å². The van der Waals surface area contributed by atoms with Crippen LogP contribution in [0, 0.1) is 0 Å². The fourth-order valence-electron chi connectivity index (χ4n) is 1.46. The van der Waals surface area contributed by atoms with Crippen molar-refractivity contribution in [1.82, 2.24) is 0 Å². The van der Waals surface area contributed by atoms with Gasteiger partial charge in [-0.1, -0.05) is 0 Å². The van der Waals surface area contributed by atoms with E-state index in [9.17, 15) is 4.79 Å². The first kappa shape index (κ1) is 17.5. The molecule has 1 unspecified atom stereocenters. The Morgan fingerprint density at radius 2 is 1.79 bits per heavy atom. The summed E-state index contributed by atoms with van der Waals surface area (Å²) in [6, 6.07) is 5.26. The van der Waals surface area contributed by atoms with Gasteiger partial charge in [-0.2, -0.15) is 0 Å². The fraction of sp³-hybridized carbons (Fsp3) is 0.462. The van der Waals surface area contributed by atoms with Gasteiger partial charge in [-0.05, 0) is 13.3 Å². The van der Waals surface area contributed by atoms with E-state index in [4.69, 9.17) is 15.2 Å². The Morgan fingerprint density at radius 3 is 2.21 bits per heavy atom. The van der Waals surface area contributed by atoms with Gasteiger partial charge in [-0.3, -0.25) is 4.79 Å². The van der Waals surface area contributed by atoms with Gasteiger partial charge in [0.05, 0.1) is 14.2 Å². The fourth-order valence-corrected chi connectivity index (χ4v) is 1.46. The van der Waals surface area contributed by atoms with Crippen LogP contribution < -0.4 is 20.5 Å². The first-order chi connectivity index (χ1) is 8.55. The first-order valence-corrected chi connectivity index (χ1v) is 5.83. The molecule has 0 aromatic heterocycles. The number of amides is 1. The van der Waals surface area contributed by atoms with Gasteiger partial charge in [0.2, 0.25) is 5.91 Å². The second kappa shape index (κ2) is 8.61. The lowest BCUT2D eigenvalue weighted by molar-refractivity contribution is -0.116. The lowest BCUT2D eigenvalue weighted by atomic mass is 10.2. The maximum Gasteiger partial charge on any atom is 0.224 e. The Labute approximate surface area is 119 Å². The van der Waals surface area contributed by atoms with E-state index in [1.807, 2.05) is 6.92 Å². The SMILES string of the molecule is COc1cc(NC(=O)CCC(C)N)cc(OC)c1.Cl. The summed E-state index contributed by atoms with van der Waals surface area (Å²) in [6.45, 7) is 1.88. The molecule has 6 heteroatoms. The molecule has 108 valence electrons. The van der Waals surface area contributed by atoms with Crippen molar-refractivity contribution in [3.63, 3.8) is 0 Å². The van der Waals surface area contributed by atoms with Crippen molar-refractivity contribution in [3.8, 4) is 11.5 Å². The molecule has 5 nitrogen and oxygen atoms in total. The highest BCUT2D eigenvalue weighted by Crippen LogP contribution is 2.25. The van der Waals surface area contributed by atoms with Crippen molar-refractivity contribution in [2.45, 2.75) is 25.8 Å². The van der Waals surface area contributed by atoms with Crippen LogP contribution in [0.1, 0.15) is 19.8 Å². The summed E-state index contributed by atoms with van der Waals surface area (Å²) in [6.07, 6.45) is 1.06. The van der Waals surface area contributed by atoms with E-state index in [0.717, 1.165) is 0 Å². The number of carbonyl (C=O) groups is 1. The zero-order valence-electron chi connectivity index (χ0n) is 11.4. The Hall–Kier alpha value is -1.46. The highest BCUT2D eigenvalue weighted by molar-refractivity contribution is 5.91. The minimum atomic E-state index is -0.0670. The summed E-state index contributed by atoms with van der Waals surface area (Å²) in [5.41, 5.74) is 6.26. The average Bonchev–Trinajstić information content (AvgIpc) is 2.35. The van der Waals surface area contributed by atoms with E-state index in [-0.39, 0.29) is 24.4 Å². The van der Waals surface area contributed by atoms with Crippen LogP contribution in [0.3, 0.4) is 0 Å². The standard InChI is InChI=1S/C13H20N2O3.ClH/c1-9(14)4-5-13(16)15-10-6-11(17-2)8-12(7-10)18-3;/h6-9H,4-5,14H2,1-3H3,(H,15,16);1H. The summed E-state index contributed by atoms with van der Waals surface area (Å²) in [5.74, 6) is 1.20. The highest BCUT2D eigenvalue weighted by Gasteiger charge is 2.07. The van der Waals surface area contributed by atoms with Crippen LogP contribution in [0.5, 0.6) is 11.5 Å². The predicted octanol–water partition coefficient (Wildman–Crippen LogP) is 2.19. The molecule has 3 N–H and O–H groups in total.